The topological polar surface area (TPSA) is 81.6 Å². The van der Waals surface area contributed by atoms with E-state index in [1.807, 2.05) is 67.6 Å². The Morgan fingerprint density at radius 2 is 1.62 bits per heavy atom. The molecule has 4 N–H and O–H groups in total. The van der Waals surface area contributed by atoms with Gasteiger partial charge >= 0.3 is 6.09 Å². The normalized spacial score (nSPS) is 14.6. The van der Waals surface area contributed by atoms with Crippen LogP contribution >= 0.6 is 0 Å². The number of aliphatic hydroxyl groups excluding tert-OH is 1. The molecule has 0 saturated heterocycles. The molecular weight excluding hydrogens is 304 g/mol. The minimum Gasteiger partial charge on any atom is -0.465 e. The Kier molecular flexibility index (Phi) is 6.78. The Labute approximate surface area is 142 Å². The largest absolute Gasteiger partial charge is 0.465 e. The molecule has 0 aromatic heterocycles. The lowest BCUT2D eigenvalue weighted by Crippen LogP contribution is -2.48. The van der Waals surface area contributed by atoms with Gasteiger partial charge in [0.05, 0.1) is 12.1 Å². The quantitative estimate of drug-likeness (QED) is 0.600. The summed E-state index contributed by atoms with van der Waals surface area (Å²) in [5, 5.41) is 25.1. The molecule has 2 unspecified atom stereocenters. The summed E-state index contributed by atoms with van der Waals surface area (Å²) in [7, 11) is 0. The summed E-state index contributed by atoms with van der Waals surface area (Å²) in [6.07, 6.45) is -1.52. The maximum atomic E-state index is 11.0. The van der Waals surface area contributed by atoms with E-state index < -0.39 is 18.2 Å². The molecule has 1 amide bonds. The highest BCUT2D eigenvalue weighted by Crippen LogP contribution is 2.12. The summed E-state index contributed by atoms with van der Waals surface area (Å²) in [6, 6.07) is 19.0. The van der Waals surface area contributed by atoms with Crippen molar-refractivity contribution in [2.45, 2.75) is 31.5 Å². The molecule has 0 bridgehead atoms. The van der Waals surface area contributed by atoms with Crippen LogP contribution in [0.2, 0.25) is 0 Å². The van der Waals surface area contributed by atoms with E-state index in [0.717, 1.165) is 11.1 Å². The molecule has 5 nitrogen and oxygen atoms in total. The van der Waals surface area contributed by atoms with Crippen LogP contribution in [0.4, 0.5) is 4.79 Å². The molecule has 0 spiro atoms. The van der Waals surface area contributed by atoms with Crippen molar-refractivity contribution < 1.29 is 15.0 Å². The second kappa shape index (κ2) is 9.05. The first-order chi connectivity index (χ1) is 11.6. The van der Waals surface area contributed by atoms with Gasteiger partial charge in [0.25, 0.3) is 0 Å². The molecule has 2 rings (SSSR count). The van der Waals surface area contributed by atoms with E-state index in [2.05, 4.69) is 10.6 Å². The summed E-state index contributed by atoms with van der Waals surface area (Å²) in [6.45, 7) is 2.31. The van der Waals surface area contributed by atoms with Crippen LogP contribution in [0.3, 0.4) is 0 Å². The van der Waals surface area contributed by atoms with Gasteiger partial charge in [0.15, 0.2) is 0 Å². The predicted octanol–water partition coefficient (Wildman–Crippen LogP) is 2.58. The maximum absolute atomic E-state index is 11.0. The van der Waals surface area contributed by atoms with Gasteiger partial charge in [-0.1, -0.05) is 60.7 Å². The van der Waals surface area contributed by atoms with Gasteiger partial charge in [-0.15, -0.1) is 0 Å². The monoisotopic (exact) mass is 328 g/mol. The van der Waals surface area contributed by atoms with Gasteiger partial charge in [-0.2, -0.15) is 0 Å². The van der Waals surface area contributed by atoms with Crippen molar-refractivity contribution in [3.8, 4) is 0 Å². The molecule has 0 aliphatic carbocycles. The zero-order chi connectivity index (χ0) is 17.4. The molecule has 0 radical (unpaired) electrons. The molecule has 128 valence electrons. The summed E-state index contributed by atoms with van der Waals surface area (Å²) < 4.78 is 0. The van der Waals surface area contributed by atoms with Crippen molar-refractivity contribution in [1.29, 1.82) is 0 Å². The molecule has 0 saturated carbocycles. The number of aliphatic hydroxyl groups is 1. The van der Waals surface area contributed by atoms with Crippen LogP contribution in [0, 0.1) is 0 Å². The van der Waals surface area contributed by atoms with E-state index >= 15 is 0 Å². The van der Waals surface area contributed by atoms with Crippen LogP contribution < -0.4 is 10.6 Å². The van der Waals surface area contributed by atoms with Crippen LogP contribution in [0.15, 0.2) is 60.7 Å². The SMILES string of the molecule is C[C@@H](NCC(O)C(Cc1ccccc1)NC(=O)O)c1ccccc1. The van der Waals surface area contributed by atoms with Crippen LogP contribution in [-0.2, 0) is 6.42 Å². The summed E-state index contributed by atoms with van der Waals surface area (Å²) in [5.41, 5.74) is 2.10. The van der Waals surface area contributed by atoms with Crippen LogP contribution in [0.1, 0.15) is 24.1 Å². The van der Waals surface area contributed by atoms with E-state index in [1.54, 1.807) is 0 Å². The molecule has 0 aliphatic heterocycles. The first-order valence-electron chi connectivity index (χ1n) is 8.06. The van der Waals surface area contributed by atoms with Crippen molar-refractivity contribution in [3.63, 3.8) is 0 Å². The molecule has 0 fully saturated rings. The highest BCUT2D eigenvalue weighted by Gasteiger charge is 2.22. The highest BCUT2D eigenvalue weighted by atomic mass is 16.4. The summed E-state index contributed by atoms with van der Waals surface area (Å²) >= 11 is 0. The zero-order valence-electron chi connectivity index (χ0n) is 13.7. The van der Waals surface area contributed by atoms with Gasteiger partial charge in [-0.25, -0.2) is 4.79 Å². The van der Waals surface area contributed by atoms with E-state index in [1.165, 1.54) is 0 Å². The number of hydrogen-bond donors (Lipinski definition) is 4. The van der Waals surface area contributed by atoms with Gasteiger partial charge < -0.3 is 20.8 Å². The fourth-order valence-electron chi connectivity index (χ4n) is 2.61. The Hall–Kier alpha value is -2.37. The number of carboxylic acid groups (broad SMARTS) is 1. The Morgan fingerprint density at radius 3 is 2.21 bits per heavy atom. The van der Waals surface area contributed by atoms with Crippen LogP contribution in [0.25, 0.3) is 0 Å². The number of hydrogen-bond acceptors (Lipinski definition) is 3. The third-order valence-corrected chi connectivity index (χ3v) is 4.00. The molecule has 0 aliphatic rings. The van der Waals surface area contributed by atoms with Crippen molar-refractivity contribution in [3.05, 3.63) is 71.8 Å². The smallest absolute Gasteiger partial charge is 0.404 e. The minimum absolute atomic E-state index is 0.0723. The molecule has 24 heavy (non-hydrogen) atoms. The zero-order valence-corrected chi connectivity index (χ0v) is 13.7. The average molecular weight is 328 g/mol. The van der Waals surface area contributed by atoms with Crippen molar-refractivity contribution in [1.82, 2.24) is 10.6 Å². The number of amides is 1. The lowest BCUT2D eigenvalue weighted by molar-refractivity contribution is 0.115. The second-order valence-corrected chi connectivity index (χ2v) is 5.85. The lowest BCUT2D eigenvalue weighted by Gasteiger charge is -2.25. The number of rotatable bonds is 8. The molecular formula is C19H24N2O3. The number of carbonyl (C=O) groups is 1. The number of benzene rings is 2. The van der Waals surface area contributed by atoms with Crippen molar-refractivity contribution in [2.24, 2.45) is 0 Å². The summed E-state index contributed by atoms with van der Waals surface area (Å²) in [4.78, 5) is 11.0. The molecule has 5 heteroatoms. The van der Waals surface area contributed by atoms with E-state index in [0.29, 0.717) is 13.0 Å². The van der Waals surface area contributed by atoms with E-state index in [4.69, 9.17) is 5.11 Å². The van der Waals surface area contributed by atoms with E-state index in [-0.39, 0.29) is 6.04 Å². The maximum Gasteiger partial charge on any atom is 0.404 e. The van der Waals surface area contributed by atoms with Gasteiger partial charge in [0, 0.05) is 12.6 Å². The summed E-state index contributed by atoms with van der Waals surface area (Å²) in [5.74, 6) is 0. The van der Waals surface area contributed by atoms with Gasteiger partial charge in [-0.3, -0.25) is 0 Å². The third-order valence-electron chi connectivity index (χ3n) is 4.00. The van der Waals surface area contributed by atoms with Crippen LogP contribution in [-0.4, -0.2) is 35.0 Å². The molecule has 2 aromatic carbocycles. The van der Waals surface area contributed by atoms with Crippen molar-refractivity contribution in [2.75, 3.05) is 6.54 Å². The van der Waals surface area contributed by atoms with E-state index in [9.17, 15) is 9.90 Å². The number of nitrogens with one attached hydrogen (secondary N) is 2. The Bertz CT molecular complexity index is 619. The standard InChI is InChI=1S/C19H24N2O3/c1-14(16-10-6-3-7-11-16)20-13-18(22)17(21-19(23)24)12-15-8-4-2-5-9-15/h2-11,14,17-18,20-22H,12-13H2,1H3,(H,23,24)/t14-,17?,18?/m1/s1. The second-order valence-electron chi connectivity index (χ2n) is 5.85. The molecule has 3 atom stereocenters. The fraction of sp³-hybridized carbons (Fsp3) is 0.316. The van der Waals surface area contributed by atoms with Gasteiger partial charge in [0.2, 0.25) is 0 Å². The third kappa shape index (κ3) is 5.68. The molecule has 2 aromatic rings. The van der Waals surface area contributed by atoms with Crippen molar-refractivity contribution >= 4 is 6.09 Å². The Morgan fingerprint density at radius 1 is 1.04 bits per heavy atom. The molecule has 0 heterocycles. The lowest BCUT2D eigenvalue weighted by atomic mass is 10.0. The predicted molar refractivity (Wildman–Crippen MR) is 94.0 cm³/mol. The fourth-order valence-corrected chi connectivity index (χ4v) is 2.61. The van der Waals surface area contributed by atoms with Crippen LogP contribution in [0.5, 0.6) is 0 Å². The Balaban J connectivity index is 1.94. The first-order valence-corrected chi connectivity index (χ1v) is 8.06. The van der Waals surface area contributed by atoms with Gasteiger partial charge in [0.1, 0.15) is 0 Å². The highest BCUT2D eigenvalue weighted by molar-refractivity contribution is 5.65. The minimum atomic E-state index is -1.13. The average Bonchev–Trinajstić information content (AvgIpc) is 2.60. The van der Waals surface area contributed by atoms with Gasteiger partial charge in [-0.05, 0) is 24.5 Å². The first kappa shape index (κ1) is 18.0.